The maximum absolute atomic E-state index is 12.7. The van der Waals surface area contributed by atoms with E-state index in [1.54, 1.807) is 0 Å². The molecule has 2 aliphatic rings. The fraction of sp³-hybridized carbons (Fsp3) is 0.824. The summed E-state index contributed by atoms with van der Waals surface area (Å²) in [5, 5.41) is 17.6. The quantitative estimate of drug-likeness (QED) is 0.854. The molecule has 2 N–H and O–H groups in total. The van der Waals surface area contributed by atoms with Gasteiger partial charge in [0.15, 0.2) is 5.82 Å². The first-order valence-corrected chi connectivity index (χ1v) is 8.94. The second-order valence-corrected chi connectivity index (χ2v) is 7.29. The largest absolute Gasteiger partial charge is 0.381 e. The van der Waals surface area contributed by atoms with Gasteiger partial charge in [0.05, 0.1) is 0 Å². The lowest BCUT2D eigenvalue weighted by molar-refractivity contribution is -0.141. The van der Waals surface area contributed by atoms with Crippen molar-refractivity contribution in [1.29, 1.82) is 0 Å². The van der Waals surface area contributed by atoms with Crippen molar-refractivity contribution in [2.45, 2.75) is 69.9 Å². The number of nitrogens with zero attached hydrogens (tertiary/aromatic N) is 2. The average Bonchev–Trinajstić information content (AvgIpc) is 3.23. The zero-order valence-corrected chi connectivity index (χ0v) is 14.5. The van der Waals surface area contributed by atoms with Crippen molar-refractivity contribution in [2.24, 2.45) is 5.92 Å². The van der Waals surface area contributed by atoms with Crippen molar-refractivity contribution in [1.82, 2.24) is 15.5 Å². The van der Waals surface area contributed by atoms with E-state index < -0.39 is 5.60 Å². The SMILES string of the molecule is CC(C)c1noc(C(NC(=O)C2(O)CCCC2)C2CCOCC2)n1. The number of carbonyl (C=O) groups excluding carboxylic acids is 1. The molecule has 7 nitrogen and oxygen atoms in total. The topological polar surface area (TPSA) is 97.5 Å². The van der Waals surface area contributed by atoms with Crippen molar-refractivity contribution in [3.63, 3.8) is 0 Å². The standard InChI is InChI=1S/C17H27N3O4/c1-11(2)14-19-15(24-20-14)13(12-5-9-23-10-6-12)18-16(21)17(22)7-3-4-8-17/h11-13,22H,3-10H2,1-2H3,(H,18,21). The maximum Gasteiger partial charge on any atom is 0.252 e. The summed E-state index contributed by atoms with van der Waals surface area (Å²) in [6.07, 6.45) is 4.43. The van der Waals surface area contributed by atoms with Crippen molar-refractivity contribution in [3.8, 4) is 0 Å². The zero-order chi connectivity index (χ0) is 17.2. The predicted molar refractivity (Wildman–Crippen MR) is 86.2 cm³/mol. The van der Waals surface area contributed by atoms with E-state index in [0.717, 1.165) is 25.7 Å². The molecule has 1 aromatic heterocycles. The van der Waals surface area contributed by atoms with Crippen LogP contribution in [0.15, 0.2) is 4.52 Å². The second kappa shape index (κ2) is 7.19. The van der Waals surface area contributed by atoms with Crippen molar-refractivity contribution in [3.05, 3.63) is 11.7 Å². The number of aromatic nitrogens is 2. The lowest BCUT2D eigenvalue weighted by Crippen LogP contribution is -2.48. The number of amides is 1. The number of carbonyl (C=O) groups is 1. The molecule has 7 heteroatoms. The van der Waals surface area contributed by atoms with Crippen LogP contribution in [-0.2, 0) is 9.53 Å². The Morgan fingerprint density at radius 3 is 2.54 bits per heavy atom. The Balaban J connectivity index is 1.79. The van der Waals surface area contributed by atoms with Crippen LogP contribution >= 0.6 is 0 Å². The molecular weight excluding hydrogens is 310 g/mol. The summed E-state index contributed by atoms with van der Waals surface area (Å²) >= 11 is 0. The minimum absolute atomic E-state index is 0.160. The number of hydrogen-bond donors (Lipinski definition) is 2. The molecule has 3 rings (SSSR count). The molecule has 2 heterocycles. The fourth-order valence-corrected chi connectivity index (χ4v) is 3.50. The predicted octanol–water partition coefficient (Wildman–Crippen LogP) is 2.08. The van der Waals surface area contributed by atoms with Crippen molar-refractivity contribution in [2.75, 3.05) is 13.2 Å². The summed E-state index contributed by atoms with van der Waals surface area (Å²) < 4.78 is 10.9. The van der Waals surface area contributed by atoms with Gasteiger partial charge in [-0.2, -0.15) is 4.98 Å². The third kappa shape index (κ3) is 3.62. The Morgan fingerprint density at radius 1 is 1.29 bits per heavy atom. The first-order valence-electron chi connectivity index (χ1n) is 8.94. The van der Waals surface area contributed by atoms with Crippen molar-refractivity contribution < 1.29 is 19.2 Å². The molecule has 0 spiro atoms. The molecule has 1 atom stereocenters. The molecule has 1 aliphatic heterocycles. The molecule has 1 amide bonds. The van der Waals surface area contributed by atoms with Gasteiger partial charge in [0.25, 0.3) is 5.91 Å². The fourth-order valence-electron chi connectivity index (χ4n) is 3.50. The van der Waals surface area contributed by atoms with Gasteiger partial charge in [0, 0.05) is 19.1 Å². The average molecular weight is 337 g/mol. The second-order valence-electron chi connectivity index (χ2n) is 7.29. The lowest BCUT2D eigenvalue weighted by atomic mass is 9.90. The molecule has 1 saturated carbocycles. The summed E-state index contributed by atoms with van der Waals surface area (Å²) in [4.78, 5) is 17.1. The Morgan fingerprint density at radius 2 is 1.96 bits per heavy atom. The van der Waals surface area contributed by atoms with E-state index >= 15 is 0 Å². The molecule has 0 radical (unpaired) electrons. The molecule has 134 valence electrons. The van der Waals surface area contributed by atoms with Gasteiger partial charge in [-0.1, -0.05) is 19.0 Å². The minimum Gasteiger partial charge on any atom is -0.381 e. The first kappa shape index (κ1) is 17.4. The highest BCUT2D eigenvalue weighted by molar-refractivity contribution is 5.85. The van der Waals surface area contributed by atoms with E-state index in [1.165, 1.54) is 0 Å². The van der Waals surface area contributed by atoms with Gasteiger partial charge in [-0.15, -0.1) is 0 Å². The van der Waals surface area contributed by atoms with Crippen LogP contribution in [0.1, 0.15) is 76.0 Å². The third-order valence-corrected chi connectivity index (χ3v) is 5.12. The van der Waals surface area contributed by atoms with E-state index in [4.69, 9.17) is 9.26 Å². The number of aliphatic hydroxyl groups is 1. The Kier molecular flexibility index (Phi) is 5.20. The highest BCUT2D eigenvalue weighted by Gasteiger charge is 2.42. The smallest absolute Gasteiger partial charge is 0.252 e. The molecule has 1 aliphatic carbocycles. The first-order chi connectivity index (χ1) is 11.5. The van der Waals surface area contributed by atoms with Gasteiger partial charge in [-0.25, -0.2) is 0 Å². The Hall–Kier alpha value is -1.47. The molecular formula is C17H27N3O4. The van der Waals surface area contributed by atoms with Crippen LogP contribution < -0.4 is 5.32 Å². The van der Waals surface area contributed by atoms with Crippen LogP contribution in [0.5, 0.6) is 0 Å². The van der Waals surface area contributed by atoms with Gasteiger partial charge in [-0.05, 0) is 44.4 Å². The van der Waals surface area contributed by atoms with E-state index in [0.29, 0.717) is 37.8 Å². The minimum atomic E-state index is -1.26. The molecule has 24 heavy (non-hydrogen) atoms. The van der Waals surface area contributed by atoms with E-state index in [-0.39, 0.29) is 23.8 Å². The van der Waals surface area contributed by atoms with Crippen LogP contribution in [0, 0.1) is 5.92 Å². The number of nitrogens with one attached hydrogen (secondary N) is 1. The molecule has 1 unspecified atom stereocenters. The van der Waals surface area contributed by atoms with Gasteiger partial charge >= 0.3 is 0 Å². The highest BCUT2D eigenvalue weighted by Crippen LogP contribution is 2.33. The highest BCUT2D eigenvalue weighted by atomic mass is 16.5. The van der Waals surface area contributed by atoms with Crippen LogP contribution in [0.2, 0.25) is 0 Å². The van der Waals surface area contributed by atoms with E-state index in [1.807, 2.05) is 13.8 Å². The molecule has 1 saturated heterocycles. The molecule has 1 aromatic rings. The van der Waals surface area contributed by atoms with Gasteiger partial charge < -0.3 is 19.7 Å². The number of ether oxygens (including phenoxy) is 1. The molecule has 2 fully saturated rings. The van der Waals surface area contributed by atoms with Crippen LogP contribution in [0.3, 0.4) is 0 Å². The normalized spacial score (nSPS) is 22.7. The Labute approximate surface area is 142 Å². The van der Waals surface area contributed by atoms with E-state index in [2.05, 4.69) is 15.5 Å². The third-order valence-electron chi connectivity index (χ3n) is 5.12. The summed E-state index contributed by atoms with van der Waals surface area (Å²) in [6.45, 7) is 5.31. The zero-order valence-electron chi connectivity index (χ0n) is 14.5. The number of rotatable bonds is 5. The monoisotopic (exact) mass is 337 g/mol. The summed E-state index contributed by atoms with van der Waals surface area (Å²) in [6, 6.07) is -0.369. The van der Waals surface area contributed by atoms with Crippen LogP contribution in [0.4, 0.5) is 0 Å². The van der Waals surface area contributed by atoms with Gasteiger partial charge in [0.2, 0.25) is 5.89 Å². The van der Waals surface area contributed by atoms with Gasteiger partial charge in [-0.3, -0.25) is 4.79 Å². The molecule has 0 bridgehead atoms. The maximum atomic E-state index is 12.7. The van der Waals surface area contributed by atoms with E-state index in [9.17, 15) is 9.90 Å². The lowest BCUT2D eigenvalue weighted by Gasteiger charge is -2.31. The summed E-state index contributed by atoms with van der Waals surface area (Å²) in [5.74, 6) is 1.08. The van der Waals surface area contributed by atoms with Crippen LogP contribution in [-0.4, -0.2) is 40.0 Å². The summed E-state index contributed by atoms with van der Waals surface area (Å²) in [5.41, 5.74) is -1.26. The number of hydrogen-bond acceptors (Lipinski definition) is 6. The summed E-state index contributed by atoms with van der Waals surface area (Å²) in [7, 11) is 0. The van der Waals surface area contributed by atoms with Gasteiger partial charge in [0.1, 0.15) is 11.6 Å². The van der Waals surface area contributed by atoms with Crippen molar-refractivity contribution >= 4 is 5.91 Å². The van der Waals surface area contributed by atoms with Crippen LogP contribution in [0.25, 0.3) is 0 Å². The molecule has 0 aromatic carbocycles. The Bertz CT molecular complexity index is 560.